The molecule has 2 aromatic carbocycles. The van der Waals surface area contributed by atoms with Gasteiger partial charge < -0.3 is 15.0 Å². The summed E-state index contributed by atoms with van der Waals surface area (Å²) in [4.78, 5) is 12.4. The fourth-order valence-corrected chi connectivity index (χ4v) is 9.14. The number of nitrogens with one attached hydrogen (secondary N) is 1. The van der Waals surface area contributed by atoms with Crippen LogP contribution in [-0.2, 0) is 11.3 Å². The van der Waals surface area contributed by atoms with Gasteiger partial charge in [0, 0.05) is 41.7 Å². The Bertz CT molecular complexity index is 1160. The average Bonchev–Trinajstić information content (AvgIpc) is 3.15. The molecule has 3 N–H and O–H groups in total. The smallest absolute Gasteiger partial charge is 0.225 e. The molecule has 0 aliphatic carbocycles. The summed E-state index contributed by atoms with van der Waals surface area (Å²) in [7, 11) is -1.72. The molecule has 1 amide bonds. The summed E-state index contributed by atoms with van der Waals surface area (Å²) in [6.07, 6.45) is 4.82. The summed E-state index contributed by atoms with van der Waals surface area (Å²) in [6.45, 7) is 9.14. The van der Waals surface area contributed by atoms with Crippen molar-refractivity contribution in [1.29, 1.82) is 0 Å². The van der Waals surface area contributed by atoms with Gasteiger partial charge in [0.25, 0.3) is 0 Å². The van der Waals surface area contributed by atoms with Gasteiger partial charge in [-0.25, -0.2) is 8.78 Å². The third-order valence-electron chi connectivity index (χ3n) is 6.09. The van der Waals surface area contributed by atoms with Gasteiger partial charge in [0.1, 0.15) is 11.6 Å². The van der Waals surface area contributed by atoms with Crippen LogP contribution in [-0.4, -0.2) is 29.0 Å². The van der Waals surface area contributed by atoms with Crippen LogP contribution in [0.1, 0.15) is 50.6 Å². The third kappa shape index (κ3) is 6.53. The predicted octanol–water partition coefficient (Wildman–Crippen LogP) is 6.40. The maximum atomic E-state index is 14.8. The molecule has 1 unspecified atom stereocenters. The van der Waals surface area contributed by atoms with Crippen LogP contribution in [0.5, 0.6) is 0 Å². The van der Waals surface area contributed by atoms with Crippen LogP contribution < -0.4 is 10.5 Å². The molecule has 7 heteroatoms. The van der Waals surface area contributed by atoms with E-state index in [0.29, 0.717) is 18.7 Å². The van der Waals surface area contributed by atoms with Gasteiger partial charge in [-0.15, -0.1) is 0 Å². The summed E-state index contributed by atoms with van der Waals surface area (Å²) >= 11 is 0. The lowest BCUT2D eigenvalue weighted by Crippen LogP contribution is -2.37. The molecular formula is C28H37F2N3OS. The molecule has 0 aliphatic rings. The Balaban J connectivity index is 2.24. The van der Waals surface area contributed by atoms with E-state index in [0.717, 1.165) is 35.6 Å². The predicted molar refractivity (Wildman–Crippen MR) is 143 cm³/mol. The van der Waals surface area contributed by atoms with E-state index in [1.54, 1.807) is 6.92 Å². The molecule has 190 valence electrons. The highest BCUT2D eigenvalue weighted by Gasteiger charge is 2.41. The standard InChI is InChI=1S/C28H37F2N3OS/c1-20(34)32-35(5,15-9-14-31)27(28(2,3)4)26-16-22(24-17-23(29)12-13-25(24)30)19-33(26)18-21-10-7-6-8-11-21/h6-8,10-13,16-17,19,27H,9,14-15,18,31H2,1-5H3,(H,32,34)/t27-/m0/s1. The first-order valence-electron chi connectivity index (χ1n) is 11.9. The Hall–Kier alpha value is -2.64. The highest BCUT2D eigenvalue weighted by molar-refractivity contribution is 8.32. The summed E-state index contributed by atoms with van der Waals surface area (Å²) in [5, 5.41) is -0.0560. The van der Waals surface area contributed by atoms with Crippen molar-refractivity contribution in [3.05, 3.63) is 83.7 Å². The van der Waals surface area contributed by atoms with Crippen LogP contribution in [0.3, 0.4) is 0 Å². The van der Waals surface area contributed by atoms with E-state index in [1.807, 2.05) is 42.6 Å². The number of nitrogens with zero attached hydrogens (tertiary/aromatic N) is 1. The fourth-order valence-electron chi connectivity index (χ4n) is 4.96. The topological polar surface area (TPSA) is 60.1 Å². The second-order valence-corrected chi connectivity index (χ2v) is 13.7. The average molecular weight is 502 g/mol. The van der Waals surface area contributed by atoms with E-state index < -0.39 is 21.8 Å². The molecule has 1 heterocycles. The number of hydrogen-bond acceptors (Lipinski definition) is 2. The number of benzene rings is 2. The molecule has 35 heavy (non-hydrogen) atoms. The van der Waals surface area contributed by atoms with Gasteiger partial charge in [0.15, 0.2) is 0 Å². The van der Waals surface area contributed by atoms with Crippen LogP contribution in [0, 0.1) is 17.0 Å². The second-order valence-electron chi connectivity index (χ2n) is 10.3. The second kappa shape index (κ2) is 11.0. The van der Waals surface area contributed by atoms with Gasteiger partial charge in [-0.2, -0.15) is 10.2 Å². The largest absolute Gasteiger partial charge is 0.345 e. The summed E-state index contributed by atoms with van der Waals surface area (Å²) < 4.78 is 34.3. The van der Waals surface area contributed by atoms with E-state index in [2.05, 4.69) is 36.3 Å². The van der Waals surface area contributed by atoms with Crippen LogP contribution in [0.2, 0.25) is 0 Å². The van der Waals surface area contributed by atoms with Gasteiger partial charge >= 0.3 is 0 Å². The lowest BCUT2D eigenvalue weighted by molar-refractivity contribution is -0.117. The van der Waals surface area contributed by atoms with Crippen LogP contribution >= 0.6 is 10.2 Å². The molecule has 0 spiro atoms. The first-order chi connectivity index (χ1) is 16.4. The molecule has 0 bridgehead atoms. The molecule has 0 radical (unpaired) electrons. The van der Waals surface area contributed by atoms with Crippen LogP contribution in [0.25, 0.3) is 11.1 Å². The van der Waals surface area contributed by atoms with Crippen molar-refractivity contribution < 1.29 is 13.6 Å². The molecule has 3 rings (SSSR count). The SMILES string of the molecule is CC(=O)NS(C)(CCCN)[C@@H](c1cc(-c2cc(F)ccc2F)cn1Cc1ccccc1)C(C)(C)C. The van der Waals surface area contributed by atoms with E-state index >= 15 is 0 Å². The quantitative estimate of drug-likeness (QED) is 0.356. The zero-order valence-electron chi connectivity index (χ0n) is 21.3. The maximum Gasteiger partial charge on any atom is 0.225 e. The van der Waals surface area contributed by atoms with Gasteiger partial charge in [0.2, 0.25) is 5.91 Å². The zero-order valence-corrected chi connectivity index (χ0v) is 22.1. The molecule has 0 saturated carbocycles. The monoisotopic (exact) mass is 501 g/mol. The molecule has 0 saturated heterocycles. The number of rotatable bonds is 9. The zero-order chi connectivity index (χ0) is 25.8. The number of amides is 1. The highest BCUT2D eigenvalue weighted by Crippen LogP contribution is 2.62. The fraction of sp³-hybridized carbons (Fsp3) is 0.393. The first-order valence-corrected chi connectivity index (χ1v) is 14.1. The molecule has 0 fully saturated rings. The number of nitrogens with two attached hydrogens (primary N) is 1. The first kappa shape index (κ1) is 27.0. The van der Waals surface area contributed by atoms with Crippen molar-refractivity contribution >= 4 is 16.1 Å². The third-order valence-corrected chi connectivity index (χ3v) is 9.97. The Labute approximate surface area is 209 Å². The Morgan fingerprint density at radius 1 is 1.11 bits per heavy atom. The van der Waals surface area contributed by atoms with Gasteiger partial charge in [-0.05, 0) is 60.2 Å². The van der Waals surface area contributed by atoms with Crippen LogP contribution in [0.4, 0.5) is 8.78 Å². The summed E-state index contributed by atoms with van der Waals surface area (Å²) in [6, 6.07) is 15.5. The van der Waals surface area contributed by atoms with Crippen molar-refractivity contribution in [2.24, 2.45) is 11.1 Å². The Morgan fingerprint density at radius 2 is 1.80 bits per heavy atom. The minimum absolute atomic E-state index is 0.0560. The van der Waals surface area contributed by atoms with Crippen molar-refractivity contribution in [2.75, 3.05) is 18.6 Å². The van der Waals surface area contributed by atoms with E-state index in [1.165, 1.54) is 6.07 Å². The van der Waals surface area contributed by atoms with E-state index in [4.69, 9.17) is 5.73 Å². The van der Waals surface area contributed by atoms with Crippen molar-refractivity contribution in [3.63, 3.8) is 0 Å². The molecule has 2 atom stereocenters. The summed E-state index contributed by atoms with van der Waals surface area (Å²) in [5.41, 5.74) is 8.58. The number of carbonyl (C=O) groups excluding carboxylic acids is 1. The maximum absolute atomic E-state index is 14.8. The number of carbonyl (C=O) groups is 1. The normalized spacial score (nSPS) is 15.3. The van der Waals surface area contributed by atoms with Crippen LogP contribution in [0.15, 0.2) is 60.8 Å². The minimum Gasteiger partial charge on any atom is -0.345 e. The van der Waals surface area contributed by atoms with Gasteiger partial charge in [-0.1, -0.05) is 51.1 Å². The Kier molecular flexibility index (Phi) is 8.44. The Morgan fingerprint density at radius 3 is 2.40 bits per heavy atom. The van der Waals surface area contributed by atoms with Gasteiger partial charge in [0.05, 0.1) is 0 Å². The molecular weight excluding hydrogens is 464 g/mol. The van der Waals surface area contributed by atoms with E-state index in [-0.39, 0.29) is 22.1 Å². The van der Waals surface area contributed by atoms with Crippen molar-refractivity contribution in [2.45, 2.75) is 45.9 Å². The number of halogens is 2. The molecule has 0 aliphatic heterocycles. The summed E-state index contributed by atoms with van der Waals surface area (Å²) in [5.74, 6) is -0.262. The number of aromatic nitrogens is 1. The molecule has 3 aromatic rings. The minimum atomic E-state index is -1.72. The van der Waals surface area contributed by atoms with Crippen molar-refractivity contribution in [1.82, 2.24) is 9.29 Å². The number of hydrogen-bond donors (Lipinski definition) is 2. The van der Waals surface area contributed by atoms with E-state index in [9.17, 15) is 13.6 Å². The lowest BCUT2D eigenvalue weighted by Gasteiger charge is -2.50. The van der Waals surface area contributed by atoms with Gasteiger partial charge in [-0.3, -0.25) is 4.79 Å². The highest BCUT2D eigenvalue weighted by atomic mass is 32.3. The van der Waals surface area contributed by atoms with Crippen molar-refractivity contribution in [3.8, 4) is 11.1 Å². The lowest BCUT2D eigenvalue weighted by atomic mass is 9.89. The molecule has 1 aromatic heterocycles. The molecule has 4 nitrogen and oxygen atoms in total.